The number of ether oxygens (including phenoxy) is 1. The third-order valence-electron chi connectivity index (χ3n) is 5.99. The number of amides is 1. The summed E-state index contributed by atoms with van der Waals surface area (Å²) < 4.78 is 5.54. The monoisotopic (exact) mass is 427 g/mol. The maximum Gasteiger partial charge on any atom is 0.300 e. The Labute approximate surface area is 185 Å². The van der Waals surface area contributed by atoms with Gasteiger partial charge in [0.25, 0.3) is 11.7 Å². The average molecular weight is 427 g/mol. The standard InChI is InChI=1S/C26H21NO5/c1-15-4-2-3-5-20(15)27-23(16-6-9-19(28)10-7-16)22(25(30)26(27)31)24(29)18-8-11-21-17(14-18)12-13-32-21/h2-11,14,23,28-29H,12-13H2,1H3/b24-22-. The molecule has 6 nitrogen and oxygen atoms in total. The van der Waals surface area contributed by atoms with Crippen LogP contribution in [0.2, 0.25) is 0 Å². The van der Waals surface area contributed by atoms with Crippen LogP contribution in [0, 0.1) is 6.92 Å². The van der Waals surface area contributed by atoms with Crippen molar-refractivity contribution in [1.29, 1.82) is 0 Å². The molecule has 3 aromatic rings. The zero-order valence-corrected chi connectivity index (χ0v) is 17.4. The molecule has 1 fully saturated rings. The highest BCUT2D eigenvalue weighted by molar-refractivity contribution is 6.51. The van der Waals surface area contributed by atoms with Crippen molar-refractivity contribution in [2.45, 2.75) is 19.4 Å². The summed E-state index contributed by atoms with van der Waals surface area (Å²) in [5, 5.41) is 21.0. The van der Waals surface area contributed by atoms with Gasteiger partial charge in [-0.15, -0.1) is 0 Å². The van der Waals surface area contributed by atoms with Crippen LogP contribution in [0.3, 0.4) is 0 Å². The third-order valence-corrected chi connectivity index (χ3v) is 5.99. The summed E-state index contributed by atoms with van der Waals surface area (Å²) in [6.07, 6.45) is 0.718. The molecule has 1 atom stereocenters. The third kappa shape index (κ3) is 3.12. The van der Waals surface area contributed by atoms with E-state index in [4.69, 9.17) is 4.74 Å². The van der Waals surface area contributed by atoms with Crippen LogP contribution >= 0.6 is 0 Å². The fraction of sp³-hybridized carbons (Fsp3) is 0.154. The minimum atomic E-state index is -0.832. The van der Waals surface area contributed by atoms with Crippen LogP contribution in [0.4, 0.5) is 5.69 Å². The molecule has 3 aromatic carbocycles. The fourth-order valence-corrected chi connectivity index (χ4v) is 4.38. The molecule has 2 aliphatic rings. The second-order valence-electron chi connectivity index (χ2n) is 7.97. The number of carbonyl (C=O) groups is 2. The number of nitrogens with zero attached hydrogens (tertiary/aromatic N) is 1. The van der Waals surface area contributed by atoms with E-state index in [9.17, 15) is 19.8 Å². The molecule has 1 amide bonds. The normalized spacial score (nSPS) is 19.2. The van der Waals surface area contributed by atoms with E-state index in [1.165, 1.54) is 17.0 Å². The summed E-state index contributed by atoms with van der Waals surface area (Å²) >= 11 is 0. The highest BCUT2D eigenvalue weighted by atomic mass is 16.5. The Morgan fingerprint density at radius 2 is 1.78 bits per heavy atom. The molecular weight excluding hydrogens is 406 g/mol. The van der Waals surface area contributed by atoms with Crippen molar-refractivity contribution in [2.24, 2.45) is 0 Å². The Hall–Kier alpha value is -4.06. The number of carbonyl (C=O) groups excluding carboxylic acids is 2. The van der Waals surface area contributed by atoms with E-state index in [1.807, 2.05) is 19.1 Å². The Kier molecular flexibility index (Phi) is 4.70. The molecule has 5 rings (SSSR count). The van der Waals surface area contributed by atoms with Crippen molar-refractivity contribution in [3.05, 3.63) is 94.6 Å². The summed E-state index contributed by atoms with van der Waals surface area (Å²) in [6, 6.07) is 18.0. The Morgan fingerprint density at radius 1 is 1.03 bits per heavy atom. The van der Waals surface area contributed by atoms with Crippen molar-refractivity contribution in [3.8, 4) is 11.5 Å². The Bertz CT molecular complexity index is 1280. The van der Waals surface area contributed by atoms with Gasteiger partial charge in [0.1, 0.15) is 17.3 Å². The molecule has 0 spiro atoms. The minimum absolute atomic E-state index is 0.0165. The largest absolute Gasteiger partial charge is 0.508 e. The lowest BCUT2D eigenvalue weighted by molar-refractivity contribution is -0.132. The van der Waals surface area contributed by atoms with Crippen LogP contribution in [-0.4, -0.2) is 28.5 Å². The van der Waals surface area contributed by atoms with E-state index in [0.717, 1.165) is 23.3 Å². The minimum Gasteiger partial charge on any atom is -0.508 e. The van der Waals surface area contributed by atoms with E-state index in [2.05, 4.69) is 0 Å². The number of hydrogen-bond donors (Lipinski definition) is 2. The highest BCUT2D eigenvalue weighted by Crippen LogP contribution is 2.43. The number of anilines is 1. The van der Waals surface area contributed by atoms with Crippen molar-refractivity contribution >= 4 is 23.1 Å². The van der Waals surface area contributed by atoms with Gasteiger partial charge in [-0.25, -0.2) is 0 Å². The van der Waals surface area contributed by atoms with Crippen molar-refractivity contribution in [2.75, 3.05) is 11.5 Å². The number of aliphatic hydroxyl groups is 1. The number of aryl methyl sites for hydroxylation is 1. The molecule has 32 heavy (non-hydrogen) atoms. The van der Waals surface area contributed by atoms with Crippen molar-refractivity contribution < 1.29 is 24.5 Å². The van der Waals surface area contributed by atoms with Gasteiger partial charge < -0.3 is 14.9 Å². The van der Waals surface area contributed by atoms with Gasteiger partial charge in [0.2, 0.25) is 0 Å². The molecule has 0 aliphatic carbocycles. The predicted octanol–water partition coefficient (Wildman–Crippen LogP) is 4.26. The number of hydrogen-bond acceptors (Lipinski definition) is 5. The zero-order chi connectivity index (χ0) is 22.4. The molecule has 2 aliphatic heterocycles. The van der Waals surface area contributed by atoms with Crippen LogP contribution < -0.4 is 9.64 Å². The molecule has 2 heterocycles. The van der Waals surface area contributed by atoms with Gasteiger partial charge in [-0.05, 0) is 60.0 Å². The molecular formula is C26H21NO5. The first-order valence-corrected chi connectivity index (χ1v) is 10.4. The summed E-state index contributed by atoms with van der Waals surface area (Å²) in [5.74, 6) is -0.853. The number of para-hydroxylation sites is 1. The Balaban J connectivity index is 1.72. The van der Waals surface area contributed by atoms with E-state index in [-0.39, 0.29) is 17.1 Å². The second kappa shape index (κ2) is 7.57. The lowest BCUT2D eigenvalue weighted by atomic mass is 9.94. The quantitative estimate of drug-likeness (QED) is 0.371. The van der Waals surface area contributed by atoms with Gasteiger partial charge in [0.15, 0.2) is 0 Å². The Morgan fingerprint density at radius 3 is 2.53 bits per heavy atom. The van der Waals surface area contributed by atoms with Crippen LogP contribution in [-0.2, 0) is 16.0 Å². The smallest absolute Gasteiger partial charge is 0.300 e. The molecule has 0 bridgehead atoms. The first-order chi connectivity index (χ1) is 15.5. The molecule has 1 unspecified atom stereocenters. The van der Waals surface area contributed by atoms with E-state index in [0.29, 0.717) is 23.4 Å². The first kappa shape index (κ1) is 19.9. The molecule has 0 saturated carbocycles. The molecule has 0 radical (unpaired) electrons. The number of fused-ring (bicyclic) bond motifs is 1. The maximum absolute atomic E-state index is 13.2. The predicted molar refractivity (Wildman–Crippen MR) is 120 cm³/mol. The fourth-order valence-electron chi connectivity index (χ4n) is 4.38. The zero-order valence-electron chi connectivity index (χ0n) is 17.4. The molecule has 1 saturated heterocycles. The van der Waals surface area contributed by atoms with Crippen LogP contribution in [0.15, 0.2) is 72.3 Å². The van der Waals surface area contributed by atoms with Gasteiger partial charge in [-0.2, -0.15) is 0 Å². The summed E-state index contributed by atoms with van der Waals surface area (Å²) in [6.45, 7) is 2.44. The number of rotatable bonds is 3. The summed E-state index contributed by atoms with van der Waals surface area (Å²) in [5.41, 5.74) is 3.45. The van der Waals surface area contributed by atoms with Crippen LogP contribution in [0.1, 0.15) is 28.3 Å². The van der Waals surface area contributed by atoms with E-state index < -0.39 is 17.7 Å². The van der Waals surface area contributed by atoms with Gasteiger partial charge in [0, 0.05) is 17.7 Å². The lowest BCUT2D eigenvalue weighted by Crippen LogP contribution is -2.30. The number of aliphatic hydroxyl groups excluding tert-OH is 1. The highest BCUT2D eigenvalue weighted by Gasteiger charge is 2.47. The topological polar surface area (TPSA) is 87.1 Å². The molecule has 0 aromatic heterocycles. The summed E-state index contributed by atoms with van der Waals surface area (Å²) in [7, 11) is 0. The van der Waals surface area contributed by atoms with E-state index in [1.54, 1.807) is 42.5 Å². The molecule has 6 heteroatoms. The average Bonchev–Trinajstić information content (AvgIpc) is 3.37. The van der Waals surface area contributed by atoms with Crippen LogP contribution in [0.25, 0.3) is 5.76 Å². The van der Waals surface area contributed by atoms with Gasteiger partial charge in [-0.3, -0.25) is 14.5 Å². The van der Waals surface area contributed by atoms with Crippen LogP contribution in [0.5, 0.6) is 11.5 Å². The van der Waals surface area contributed by atoms with E-state index >= 15 is 0 Å². The lowest BCUT2D eigenvalue weighted by Gasteiger charge is -2.26. The number of phenols is 1. The maximum atomic E-state index is 13.2. The van der Waals surface area contributed by atoms with Gasteiger partial charge in [-0.1, -0.05) is 30.3 Å². The van der Waals surface area contributed by atoms with Gasteiger partial charge >= 0.3 is 0 Å². The number of ketones is 1. The number of benzene rings is 3. The SMILES string of the molecule is Cc1ccccc1N1C(=O)C(=O)/C(=C(\O)c2ccc3c(c2)CCO3)C1c1ccc(O)cc1. The van der Waals surface area contributed by atoms with Crippen molar-refractivity contribution in [3.63, 3.8) is 0 Å². The number of phenolic OH excluding ortho intramolecular Hbond substituents is 1. The molecule has 2 N–H and O–H groups in total. The number of aromatic hydroxyl groups is 1. The molecule has 160 valence electrons. The van der Waals surface area contributed by atoms with Gasteiger partial charge in [0.05, 0.1) is 18.2 Å². The summed E-state index contributed by atoms with van der Waals surface area (Å²) in [4.78, 5) is 27.8. The van der Waals surface area contributed by atoms with Crippen molar-refractivity contribution in [1.82, 2.24) is 0 Å². The first-order valence-electron chi connectivity index (χ1n) is 10.4. The number of Topliss-reactive ketones (excluding diaryl/α,β-unsaturated/α-hetero) is 1. The second-order valence-corrected chi connectivity index (χ2v) is 7.97.